The number of carbonyl (C=O) groups is 2. The van der Waals surface area contributed by atoms with Gasteiger partial charge < -0.3 is 15.0 Å². The number of nitrogens with zero attached hydrogens (tertiary/aromatic N) is 2. The first-order valence-corrected chi connectivity index (χ1v) is 13.6. The van der Waals surface area contributed by atoms with Gasteiger partial charge in [0.05, 0.1) is 17.7 Å². The van der Waals surface area contributed by atoms with Crippen molar-refractivity contribution in [1.29, 1.82) is 0 Å². The molecule has 0 fully saturated rings. The Balaban J connectivity index is 2.06. The number of carbonyl (C=O) groups excluding carboxylic acids is 2. The molecular formula is C28H32FN3O5S. The summed E-state index contributed by atoms with van der Waals surface area (Å²) >= 11 is 0. The van der Waals surface area contributed by atoms with Gasteiger partial charge in [-0.05, 0) is 51.1 Å². The minimum atomic E-state index is -4.21. The molecule has 2 amide bonds. The average Bonchev–Trinajstić information content (AvgIpc) is 2.91. The van der Waals surface area contributed by atoms with Crippen molar-refractivity contribution in [2.75, 3.05) is 24.5 Å². The van der Waals surface area contributed by atoms with E-state index in [4.69, 9.17) is 4.74 Å². The molecule has 0 radical (unpaired) electrons. The van der Waals surface area contributed by atoms with E-state index in [1.807, 2.05) is 6.92 Å². The van der Waals surface area contributed by atoms with E-state index in [-0.39, 0.29) is 22.7 Å². The van der Waals surface area contributed by atoms with Crippen molar-refractivity contribution in [2.24, 2.45) is 0 Å². The van der Waals surface area contributed by atoms with Crippen LogP contribution in [0.3, 0.4) is 0 Å². The quantitative estimate of drug-likeness (QED) is 0.397. The highest BCUT2D eigenvalue weighted by Crippen LogP contribution is 2.28. The second-order valence-electron chi connectivity index (χ2n) is 8.71. The van der Waals surface area contributed by atoms with Crippen molar-refractivity contribution in [1.82, 2.24) is 10.2 Å². The number of anilines is 1. The summed E-state index contributed by atoms with van der Waals surface area (Å²) in [7, 11) is -2.75. The molecule has 0 aliphatic heterocycles. The first-order valence-electron chi connectivity index (χ1n) is 12.1. The molecular weight excluding hydrogens is 509 g/mol. The van der Waals surface area contributed by atoms with Gasteiger partial charge in [0.1, 0.15) is 24.2 Å². The van der Waals surface area contributed by atoms with E-state index in [1.165, 1.54) is 55.3 Å². The fraction of sp³-hybridized carbons (Fsp3) is 0.286. The maximum absolute atomic E-state index is 14.5. The van der Waals surface area contributed by atoms with Crippen molar-refractivity contribution in [3.63, 3.8) is 0 Å². The van der Waals surface area contributed by atoms with E-state index < -0.39 is 40.2 Å². The van der Waals surface area contributed by atoms with E-state index in [9.17, 15) is 22.4 Å². The number of likely N-dealkylation sites (N-methyl/N-ethyl adjacent to an activating group) is 1. The lowest BCUT2D eigenvalue weighted by atomic mass is 10.1. The normalized spacial score (nSPS) is 11.9. The molecule has 202 valence electrons. The van der Waals surface area contributed by atoms with Crippen LogP contribution in [0.5, 0.6) is 5.75 Å². The SMILES string of the molecule is CCNC(=O)C(C)N(Cc1ccccc1F)C(=O)CN(c1cccc(OC)c1)S(=O)(=O)c1ccc(C)cc1. The molecule has 0 spiro atoms. The van der Waals surface area contributed by atoms with E-state index in [2.05, 4.69) is 5.32 Å². The highest BCUT2D eigenvalue weighted by molar-refractivity contribution is 7.92. The lowest BCUT2D eigenvalue weighted by Crippen LogP contribution is -2.51. The third-order valence-electron chi connectivity index (χ3n) is 6.05. The molecule has 10 heteroatoms. The van der Waals surface area contributed by atoms with Crippen molar-refractivity contribution in [3.8, 4) is 5.75 Å². The summed E-state index contributed by atoms with van der Waals surface area (Å²) in [5.41, 5.74) is 1.28. The molecule has 0 heterocycles. The summed E-state index contributed by atoms with van der Waals surface area (Å²) in [5.74, 6) is -1.25. The fourth-order valence-corrected chi connectivity index (χ4v) is 5.25. The van der Waals surface area contributed by atoms with Gasteiger partial charge in [-0.25, -0.2) is 12.8 Å². The summed E-state index contributed by atoms with van der Waals surface area (Å²) in [4.78, 5) is 27.7. The molecule has 3 aromatic rings. The monoisotopic (exact) mass is 541 g/mol. The van der Waals surface area contributed by atoms with Crippen LogP contribution in [0.25, 0.3) is 0 Å². The van der Waals surface area contributed by atoms with Gasteiger partial charge in [-0.1, -0.05) is 42.0 Å². The maximum Gasteiger partial charge on any atom is 0.264 e. The topological polar surface area (TPSA) is 96.0 Å². The van der Waals surface area contributed by atoms with Gasteiger partial charge in [0.25, 0.3) is 10.0 Å². The van der Waals surface area contributed by atoms with Crippen LogP contribution in [0, 0.1) is 12.7 Å². The van der Waals surface area contributed by atoms with Crippen LogP contribution >= 0.6 is 0 Å². The Hall–Kier alpha value is -3.92. The summed E-state index contributed by atoms with van der Waals surface area (Å²) in [6.07, 6.45) is 0. The number of methoxy groups -OCH3 is 1. The zero-order valence-electron chi connectivity index (χ0n) is 21.8. The van der Waals surface area contributed by atoms with Crippen LogP contribution in [-0.4, -0.2) is 51.4 Å². The van der Waals surface area contributed by atoms with E-state index in [0.717, 1.165) is 9.87 Å². The average molecular weight is 542 g/mol. The smallest absolute Gasteiger partial charge is 0.264 e. The number of rotatable bonds is 11. The molecule has 1 unspecified atom stereocenters. The molecule has 8 nitrogen and oxygen atoms in total. The second kappa shape index (κ2) is 12.6. The van der Waals surface area contributed by atoms with Gasteiger partial charge >= 0.3 is 0 Å². The van der Waals surface area contributed by atoms with Crippen LogP contribution in [0.2, 0.25) is 0 Å². The van der Waals surface area contributed by atoms with Gasteiger partial charge in [0.2, 0.25) is 11.8 Å². The lowest BCUT2D eigenvalue weighted by Gasteiger charge is -2.32. The molecule has 0 aromatic heterocycles. The molecule has 3 rings (SSSR count). The van der Waals surface area contributed by atoms with Crippen molar-refractivity contribution in [3.05, 3.63) is 89.7 Å². The number of nitrogens with one attached hydrogen (secondary N) is 1. The Morgan fingerprint density at radius 1 is 1.03 bits per heavy atom. The Bertz CT molecular complexity index is 1380. The van der Waals surface area contributed by atoms with Crippen LogP contribution in [0.4, 0.5) is 10.1 Å². The first-order chi connectivity index (χ1) is 18.1. The first kappa shape index (κ1) is 28.6. The van der Waals surface area contributed by atoms with Crippen molar-refractivity contribution >= 4 is 27.5 Å². The minimum Gasteiger partial charge on any atom is -0.497 e. The van der Waals surface area contributed by atoms with Crippen molar-refractivity contribution in [2.45, 2.75) is 38.3 Å². The largest absolute Gasteiger partial charge is 0.497 e. The summed E-state index contributed by atoms with van der Waals surface area (Å²) in [6, 6.07) is 17.5. The van der Waals surface area contributed by atoms with Crippen LogP contribution < -0.4 is 14.4 Å². The Kier molecular flexibility index (Phi) is 9.46. The van der Waals surface area contributed by atoms with Crippen LogP contribution in [0.1, 0.15) is 25.0 Å². The number of ether oxygens (including phenoxy) is 1. The third-order valence-corrected chi connectivity index (χ3v) is 7.83. The van der Waals surface area contributed by atoms with Crippen molar-refractivity contribution < 1.29 is 27.1 Å². The Morgan fingerprint density at radius 2 is 1.71 bits per heavy atom. The molecule has 0 saturated heterocycles. The number of benzene rings is 3. The molecule has 38 heavy (non-hydrogen) atoms. The second-order valence-corrected chi connectivity index (χ2v) is 10.6. The Labute approximate surface area is 223 Å². The molecule has 0 saturated carbocycles. The number of hydrogen-bond donors (Lipinski definition) is 1. The molecule has 1 N–H and O–H groups in total. The summed E-state index contributed by atoms with van der Waals surface area (Å²) in [6.45, 7) is 4.59. The van der Waals surface area contributed by atoms with E-state index in [1.54, 1.807) is 43.3 Å². The van der Waals surface area contributed by atoms with Crippen LogP contribution in [0.15, 0.2) is 77.7 Å². The van der Waals surface area contributed by atoms with E-state index >= 15 is 0 Å². The van der Waals surface area contributed by atoms with E-state index in [0.29, 0.717) is 12.3 Å². The number of amides is 2. The summed E-state index contributed by atoms with van der Waals surface area (Å²) < 4.78 is 48.4. The van der Waals surface area contributed by atoms with Gasteiger partial charge in [-0.2, -0.15) is 0 Å². The molecule has 3 aromatic carbocycles. The zero-order valence-corrected chi connectivity index (χ0v) is 22.7. The predicted octanol–water partition coefficient (Wildman–Crippen LogP) is 3.89. The minimum absolute atomic E-state index is 0.00357. The molecule has 0 aliphatic rings. The highest BCUT2D eigenvalue weighted by atomic mass is 32.2. The summed E-state index contributed by atoms with van der Waals surface area (Å²) in [5, 5.41) is 2.67. The zero-order chi connectivity index (χ0) is 27.9. The predicted molar refractivity (Wildman–Crippen MR) is 144 cm³/mol. The van der Waals surface area contributed by atoms with Crippen LogP contribution in [-0.2, 0) is 26.2 Å². The third kappa shape index (κ3) is 6.69. The number of halogens is 1. The molecule has 0 aliphatic carbocycles. The van der Waals surface area contributed by atoms with Gasteiger partial charge in [-0.3, -0.25) is 13.9 Å². The Morgan fingerprint density at radius 3 is 2.34 bits per heavy atom. The number of sulfonamides is 1. The number of hydrogen-bond acceptors (Lipinski definition) is 5. The maximum atomic E-state index is 14.5. The highest BCUT2D eigenvalue weighted by Gasteiger charge is 2.33. The number of aryl methyl sites for hydroxylation is 1. The molecule has 0 bridgehead atoms. The van der Waals surface area contributed by atoms with Gasteiger partial charge in [0, 0.05) is 24.7 Å². The lowest BCUT2D eigenvalue weighted by molar-refractivity contribution is -0.139. The molecule has 1 atom stereocenters. The fourth-order valence-electron chi connectivity index (χ4n) is 3.85. The van der Waals surface area contributed by atoms with Gasteiger partial charge in [0.15, 0.2) is 0 Å². The van der Waals surface area contributed by atoms with Gasteiger partial charge in [-0.15, -0.1) is 0 Å². The standard InChI is InChI=1S/C28H32FN3O5S/c1-5-30-28(34)21(3)31(18-22-9-6-7-12-26(22)29)27(33)19-32(23-10-8-11-24(17-23)37-4)38(35,36)25-15-13-20(2)14-16-25/h6-17,21H,5,18-19H2,1-4H3,(H,30,34).